The number of carbonyl (C=O) groups excluding carboxylic acids is 2. The largest absolute Gasteiger partial charge is 0.479 e. The Morgan fingerprint density at radius 2 is 1.79 bits per heavy atom. The second-order valence-corrected chi connectivity index (χ2v) is 7.38. The van der Waals surface area contributed by atoms with Crippen LogP contribution in [0.3, 0.4) is 0 Å². The lowest BCUT2D eigenvalue weighted by Crippen LogP contribution is -2.52. The third kappa shape index (κ3) is 4.96. The summed E-state index contributed by atoms with van der Waals surface area (Å²) in [6.07, 6.45) is 0.745. The van der Waals surface area contributed by atoms with E-state index in [0.717, 1.165) is 5.39 Å². The number of hydrogen-bond acceptors (Lipinski definition) is 7. The van der Waals surface area contributed by atoms with Crippen molar-refractivity contribution in [3.8, 4) is 5.75 Å². The highest BCUT2D eigenvalue weighted by Gasteiger charge is 2.18. The number of aromatic nitrogens is 1. The summed E-state index contributed by atoms with van der Waals surface area (Å²) in [5.74, 6) is -0.855. The second-order valence-electron chi connectivity index (χ2n) is 6.97. The van der Waals surface area contributed by atoms with E-state index in [1.54, 1.807) is 49.5 Å². The Morgan fingerprint density at radius 3 is 2.64 bits per heavy atom. The van der Waals surface area contributed by atoms with Gasteiger partial charge in [-0.05, 0) is 43.4 Å². The minimum Gasteiger partial charge on any atom is -0.479 e. The molecule has 10 heteroatoms. The van der Waals surface area contributed by atoms with E-state index < -0.39 is 23.5 Å². The van der Waals surface area contributed by atoms with Gasteiger partial charge in [-0.1, -0.05) is 36.4 Å². The number of hydrogen-bond donors (Lipinski definition) is 3. The number of ether oxygens (including phenoxy) is 1. The zero-order valence-electron chi connectivity index (χ0n) is 17.3. The molecule has 4 rings (SSSR count). The molecule has 33 heavy (non-hydrogen) atoms. The first-order chi connectivity index (χ1) is 15.9. The van der Waals surface area contributed by atoms with Crippen LogP contribution >= 0.6 is 12.2 Å². The molecule has 0 aliphatic rings. The van der Waals surface area contributed by atoms with Crippen LogP contribution in [-0.2, 0) is 4.79 Å². The number of fused-ring (bicyclic) bond motifs is 2. The average molecular weight is 462 g/mol. The smallest absolute Gasteiger partial charge is 0.349 e. The molecule has 0 fully saturated rings. The van der Waals surface area contributed by atoms with E-state index >= 15 is 0 Å². The summed E-state index contributed by atoms with van der Waals surface area (Å²) < 4.78 is 10.9. The predicted molar refractivity (Wildman–Crippen MR) is 126 cm³/mol. The van der Waals surface area contributed by atoms with Gasteiger partial charge < -0.3 is 9.15 Å². The van der Waals surface area contributed by atoms with Gasteiger partial charge in [0.1, 0.15) is 22.4 Å². The van der Waals surface area contributed by atoms with Gasteiger partial charge in [-0.3, -0.25) is 30.7 Å². The summed E-state index contributed by atoms with van der Waals surface area (Å²) in [5, 5.41) is 3.58. The second kappa shape index (κ2) is 9.45. The fraction of sp³-hybridized carbons (Fsp3) is 0.0870. The van der Waals surface area contributed by atoms with Crippen LogP contribution in [0.15, 0.2) is 76.1 Å². The topological polar surface area (TPSA) is 123 Å². The third-order valence-corrected chi connectivity index (χ3v) is 4.89. The summed E-state index contributed by atoms with van der Waals surface area (Å²) in [4.78, 5) is 41.2. The van der Waals surface area contributed by atoms with Crippen LogP contribution in [0.25, 0.3) is 21.9 Å². The quantitative estimate of drug-likeness (QED) is 0.240. The molecule has 4 aromatic rings. The molecule has 0 aliphatic carbocycles. The van der Waals surface area contributed by atoms with Crippen LogP contribution in [0.5, 0.6) is 5.75 Å². The van der Waals surface area contributed by atoms with Crippen molar-refractivity contribution in [2.75, 3.05) is 0 Å². The van der Waals surface area contributed by atoms with E-state index in [2.05, 4.69) is 21.2 Å². The SMILES string of the molecule is C[C@@H](Oc1cccc2cccnc12)C(=O)NNC(=S)NC(=O)c1cc2ccccc2oc1=O. The predicted octanol–water partition coefficient (Wildman–Crippen LogP) is 2.44. The number of amides is 2. The Balaban J connectivity index is 1.34. The van der Waals surface area contributed by atoms with Crippen LogP contribution in [-0.4, -0.2) is 28.0 Å². The van der Waals surface area contributed by atoms with E-state index in [-0.39, 0.29) is 10.7 Å². The van der Waals surface area contributed by atoms with Crippen molar-refractivity contribution in [3.63, 3.8) is 0 Å². The average Bonchev–Trinajstić information content (AvgIpc) is 2.82. The van der Waals surface area contributed by atoms with Gasteiger partial charge in [0, 0.05) is 17.0 Å². The maximum absolute atomic E-state index is 12.4. The van der Waals surface area contributed by atoms with E-state index in [1.165, 1.54) is 6.07 Å². The van der Waals surface area contributed by atoms with Gasteiger partial charge in [-0.15, -0.1) is 0 Å². The molecule has 166 valence electrons. The highest BCUT2D eigenvalue weighted by molar-refractivity contribution is 7.80. The fourth-order valence-electron chi connectivity index (χ4n) is 3.06. The van der Waals surface area contributed by atoms with Crippen LogP contribution in [0.1, 0.15) is 17.3 Å². The number of para-hydroxylation sites is 2. The highest BCUT2D eigenvalue weighted by atomic mass is 32.1. The first kappa shape index (κ1) is 21.9. The van der Waals surface area contributed by atoms with E-state index in [4.69, 9.17) is 21.4 Å². The lowest BCUT2D eigenvalue weighted by Gasteiger charge is -2.17. The molecular formula is C23H18N4O5S. The van der Waals surface area contributed by atoms with Crippen molar-refractivity contribution < 1.29 is 18.7 Å². The van der Waals surface area contributed by atoms with Gasteiger partial charge in [0.05, 0.1) is 0 Å². The number of rotatable bonds is 4. The van der Waals surface area contributed by atoms with Crippen molar-refractivity contribution >= 4 is 51.0 Å². The molecule has 2 aromatic heterocycles. The minimum atomic E-state index is -0.892. The maximum atomic E-state index is 12.4. The van der Waals surface area contributed by atoms with Crippen molar-refractivity contribution in [2.45, 2.75) is 13.0 Å². The summed E-state index contributed by atoms with van der Waals surface area (Å²) in [5.41, 5.74) is 4.75. The zero-order chi connectivity index (χ0) is 23.4. The van der Waals surface area contributed by atoms with Crippen LogP contribution in [0.2, 0.25) is 0 Å². The third-order valence-electron chi connectivity index (χ3n) is 4.68. The number of nitrogens with one attached hydrogen (secondary N) is 3. The number of thiocarbonyl (C=S) groups is 1. The molecular weight excluding hydrogens is 444 g/mol. The van der Waals surface area contributed by atoms with Crippen molar-refractivity contribution in [1.82, 2.24) is 21.2 Å². The molecule has 2 aromatic carbocycles. The number of carbonyl (C=O) groups is 2. The normalized spacial score (nSPS) is 11.5. The Morgan fingerprint density at radius 1 is 1.03 bits per heavy atom. The molecule has 0 radical (unpaired) electrons. The van der Waals surface area contributed by atoms with Gasteiger partial charge in [-0.25, -0.2) is 4.79 Å². The Bertz CT molecular complexity index is 1430. The molecule has 0 spiro atoms. The lowest BCUT2D eigenvalue weighted by atomic mass is 10.2. The van der Waals surface area contributed by atoms with Crippen LogP contribution in [0.4, 0.5) is 0 Å². The summed E-state index contributed by atoms with van der Waals surface area (Å²) in [7, 11) is 0. The molecule has 1 atom stereocenters. The molecule has 0 unspecified atom stereocenters. The van der Waals surface area contributed by atoms with Gasteiger partial charge >= 0.3 is 5.63 Å². The molecule has 3 N–H and O–H groups in total. The van der Waals surface area contributed by atoms with E-state index in [1.807, 2.05) is 18.2 Å². The molecule has 0 saturated heterocycles. The van der Waals surface area contributed by atoms with Gasteiger partial charge in [-0.2, -0.15) is 0 Å². The van der Waals surface area contributed by atoms with E-state index in [0.29, 0.717) is 22.2 Å². The number of nitrogens with zero attached hydrogens (tertiary/aromatic N) is 1. The standard InChI is InChI=1S/C23H18N4O5S/c1-13(31-18-10-4-7-14-8-5-11-24-19(14)18)20(28)26-27-23(33)25-21(29)16-12-15-6-2-3-9-17(15)32-22(16)30/h2-13H,1H3,(H,26,28)(H2,25,27,29,33)/t13-/m1/s1. The molecule has 0 saturated carbocycles. The van der Waals surface area contributed by atoms with Gasteiger partial charge in [0.15, 0.2) is 11.2 Å². The molecule has 9 nitrogen and oxygen atoms in total. The Labute approximate surface area is 192 Å². The summed E-state index contributed by atoms with van der Waals surface area (Å²) >= 11 is 5.03. The highest BCUT2D eigenvalue weighted by Crippen LogP contribution is 2.23. The monoisotopic (exact) mass is 462 g/mol. The fourth-order valence-corrected chi connectivity index (χ4v) is 3.20. The van der Waals surface area contributed by atoms with Gasteiger partial charge in [0.2, 0.25) is 0 Å². The summed E-state index contributed by atoms with van der Waals surface area (Å²) in [6, 6.07) is 17.3. The number of pyridine rings is 1. The Hall–Kier alpha value is -4.31. The van der Waals surface area contributed by atoms with Crippen molar-refractivity contribution in [1.29, 1.82) is 0 Å². The summed E-state index contributed by atoms with van der Waals surface area (Å²) in [6.45, 7) is 1.56. The molecule has 0 aliphatic heterocycles. The minimum absolute atomic E-state index is 0.208. The number of benzene rings is 2. The first-order valence-electron chi connectivity index (χ1n) is 9.87. The lowest BCUT2D eigenvalue weighted by molar-refractivity contribution is -0.127. The van der Waals surface area contributed by atoms with Gasteiger partial charge in [0.25, 0.3) is 11.8 Å². The molecule has 2 amide bonds. The molecule has 0 bridgehead atoms. The van der Waals surface area contributed by atoms with E-state index in [9.17, 15) is 14.4 Å². The van der Waals surface area contributed by atoms with Crippen LogP contribution in [0, 0.1) is 0 Å². The first-order valence-corrected chi connectivity index (χ1v) is 10.3. The maximum Gasteiger partial charge on any atom is 0.349 e. The zero-order valence-corrected chi connectivity index (χ0v) is 18.1. The van der Waals surface area contributed by atoms with Crippen molar-refractivity contribution in [2.24, 2.45) is 0 Å². The number of hydrazine groups is 1. The van der Waals surface area contributed by atoms with Crippen molar-refractivity contribution in [3.05, 3.63) is 82.8 Å². The van der Waals surface area contributed by atoms with Crippen LogP contribution < -0.4 is 26.5 Å². The Kier molecular flexibility index (Phi) is 6.27. The molecule has 2 heterocycles.